The van der Waals surface area contributed by atoms with Crippen LogP contribution in [0.4, 0.5) is 10.1 Å². The maximum absolute atomic E-state index is 13.2. The summed E-state index contributed by atoms with van der Waals surface area (Å²) in [4.78, 5) is 15.7. The van der Waals surface area contributed by atoms with E-state index >= 15 is 0 Å². The van der Waals surface area contributed by atoms with E-state index in [1.54, 1.807) is 18.2 Å². The molecule has 0 saturated carbocycles. The summed E-state index contributed by atoms with van der Waals surface area (Å²) in [6.45, 7) is 3.39. The Labute approximate surface area is 155 Å². The third kappa shape index (κ3) is 4.71. The van der Waals surface area contributed by atoms with Crippen LogP contribution in [0.3, 0.4) is 0 Å². The highest BCUT2D eigenvalue weighted by Gasteiger charge is 2.10. The Balaban J connectivity index is 1.65. The third-order valence-corrected chi connectivity index (χ3v) is 4.69. The molecule has 0 atom stereocenters. The largest absolute Gasteiger partial charge is 0.322 e. The van der Waals surface area contributed by atoms with Gasteiger partial charge in [-0.2, -0.15) is 0 Å². The average molecular weight is 370 g/mol. The smallest absolute Gasteiger partial charge is 0.255 e. The first kappa shape index (κ1) is 18.2. The minimum atomic E-state index is -0.383. The van der Waals surface area contributed by atoms with Gasteiger partial charge < -0.3 is 5.32 Å². The van der Waals surface area contributed by atoms with Crippen LogP contribution in [0.5, 0.6) is 0 Å². The van der Waals surface area contributed by atoms with Gasteiger partial charge >= 0.3 is 0 Å². The fraction of sp³-hybridized carbons (Fsp3) is 0.211. The number of nitrogens with zero attached hydrogens (tertiary/aromatic N) is 3. The van der Waals surface area contributed by atoms with Crippen LogP contribution in [0.15, 0.2) is 48.5 Å². The summed E-state index contributed by atoms with van der Waals surface area (Å²) in [5.41, 5.74) is 2.95. The van der Waals surface area contributed by atoms with Gasteiger partial charge in [-0.3, -0.25) is 9.69 Å². The topological polar surface area (TPSA) is 58.1 Å². The van der Waals surface area contributed by atoms with Gasteiger partial charge in [0.1, 0.15) is 5.82 Å². The highest BCUT2D eigenvalue weighted by molar-refractivity contribution is 7.05. The van der Waals surface area contributed by atoms with Crippen molar-refractivity contribution in [1.29, 1.82) is 0 Å². The molecule has 0 bridgehead atoms. The predicted octanol–water partition coefficient (Wildman–Crippen LogP) is 3.87. The van der Waals surface area contributed by atoms with Gasteiger partial charge in [0.25, 0.3) is 5.91 Å². The maximum Gasteiger partial charge on any atom is 0.255 e. The fourth-order valence-corrected chi connectivity index (χ4v) is 3.30. The number of aromatic nitrogens is 2. The van der Waals surface area contributed by atoms with E-state index < -0.39 is 0 Å². The quantitative estimate of drug-likeness (QED) is 0.716. The summed E-state index contributed by atoms with van der Waals surface area (Å²) in [5.74, 6) is -0.645. The summed E-state index contributed by atoms with van der Waals surface area (Å²) >= 11 is 1.40. The van der Waals surface area contributed by atoms with Gasteiger partial charge in [-0.1, -0.05) is 22.7 Å². The van der Waals surface area contributed by atoms with Gasteiger partial charge in [0.15, 0.2) is 0 Å². The summed E-state index contributed by atoms with van der Waals surface area (Å²) in [6, 6.07) is 13.3. The number of hydrogen-bond donors (Lipinski definition) is 1. The average Bonchev–Trinajstić information content (AvgIpc) is 3.00. The Kier molecular flexibility index (Phi) is 5.70. The molecule has 134 valence electrons. The molecule has 3 rings (SSSR count). The highest BCUT2D eigenvalue weighted by Crippen LogP contribution is 2.16. The first-order valence-electron chi connectivity index (χ1n) is 8.13. The lowest BCUT2D eigenvalue weighted by Crippen LogP contribution is -2.18. The summed E-state index contributed by atoms with van der Waals surface area (Å²) in [5, 5.41) is 6.74. The van der Waals surface area contributed by atoms with Crippen molar-refractivity contribution < 1.29 is 9.18 Å². The molecule has 1 aromatic heterocycles. The lowest BCUT2D eigenvalue weighted by molar-refractivity contribution is 0.102. The number of benzene rings is 2. The molecule has 5 nitrogen and oxygen atoms in total. The van der Waals surface area contributed by atoms with Crippen molar-refractivity contribution in [2.24, 2.45) is 0 Å². The summed E-state index contributed by atoms with van der Waals surface area (Å²) in [7, 11) is 2.01. The van der Waals surface area contributed by atoms with E-state index in [4.69, 9.17) is 0 Å². The van der Waals surface area contributed by atoms with Crippen molar-refractivity contribution in [1.82, 2.24) is 14.5 Å². The Hall–Kier alpha value is -2.64. The zero-order valence-electron chi connectivity index (χ0n) is 14.6. The van der Waals surface area contributed by atoms with Gasteiger partial charge in [-0.05, 0) is 61.4 Å². The molecule has 0 aliphatic rings. The van der Waals surface area contributed by atoms with Gasteiger partial charge in [0.05, 0.1) is 10.6 Å². The number of amides is 1. The molecule has 0 fully saturated rings. The molecule has 0 aliphatic heterocycles. The molecule has 0 spiro atoms. The lowest BCUT2D eigenvalue weighted by atomic mass is 10.1. The van der Waals surface area contributed by atoms with E-state index in [1.807, 2.05) is 32.2 Å². The number of rotatable bonds is 6. The molecule has 0 radical (unpaired) electrons. The van der Waals surface area contributed by atoms with Crippen molar-refractivity contribution in [3.05, 3.63) is 76.0 Å². The van der Waals surface area contributed by atoms with Crippen molar-refractivity contribution in [2.45, 2.75) is 20.0 Å². The van der Waals surface area contributed by atoms with Crippen molar-refractivity contribution >= 4 is 23.1 Å². The first-order valence-corrected chi connectivity index (χ1v) is 8.91. The number of carbonyl (C=O) groups excluding carboxylic acids is 1. The number of carbonyl (C=O) groups is 1. The lowest BCUT2D eigenvalue weighted by Gasteiger charge is -2.16. The minimum Gasteiger partial charge on any atom is -0.322 e. The van der Waals surface area contributed by atoms with E-state index in [9.17, 15) is 9.18 Å². The number of anilines is 1. The zero-order valence-corrected chi connectivity index (χ0v) is 15.4. The Morgan fingerprint density at radius 3 is 2.73 bits per heavy atom. The molecular weight excluding hydrogens is 351 g/mol. The highest BCUT2D eigenvalue weighted by atomic mass is 32.1. The molecule has 1 amide bonds. The van der Waals surface area contributed by atoms with E-state index in [2.05, 4.69) is 19.8 Å². The number of hydrogen-bond acceptors (Lipinski definition) is 5. The molecule has 2 aromatic carbocycles. The van der Waals surface area contributed by atoms with Gasteiger partial charge in [-0.15, -0.1) is 5.10 Å². The Bertz CT molecular complexity index is 912. The predicted molar refractivity (Wildman–Crippen MR) is 101 cm³/mol. The number of halogens is 1. The molecule has 3 aromatic rings. The summed E-state index contributed by atoms with van der Waals surface area (Å²) < 4.78 is 17.2. The van der Waals surface area contributed by atoms with Crippen LogP contribution in [0.25, 0.3) is 0 Å². The second kappa shape index (κ2) is 8.16. The second-order valence-electron chi connectivity index (χ2n) is 6.12. The van der Waals surface area contributed by atoms with Crippen molar-refractivity contribution in [2.75, 3.05) is 12.4 Å². The molecule has 26 heavy (non-hydrogen) atoms. The molecular formula is C19H19FN4OS. The Morgan fingerprint density at radius 2 is 2.00 bits per heavy atom. The van der Waals surface area contributed by atoms with E-state index in [-0.39, 0.29) is 11.7 Å². The van der Waals surface area contributed by atoms with Crippen LogP contribution in [-0.2, 0) is 13.1 Å². The molecule has 1 heterocycles. The number of aryl methyl sites for hydroxylation is 1. The summed E-state index contributed by atoms with van der Waals surface area (Å²) in [6.07, 6.45) is 0. The minimum absolute atomic E-state index is 0.261. The van der Waals surface area contributed by atoms with Crippen LogP contribution < -0.4 is 5.32 Å². The number of nitrogens with one attached hydrogen (secondary N) is 1. The van der Waals surface area contributed by atoms with E-state index in [0.29, 0.717) is 17.8 Å². The molecule has 0 saturated heterocycles. The van der Waals surface area contributed by atoms with Crippen LogP contribution >= 0.6 is 11.5 Å². The SMILES string of the molecule is Cc1nnsc1CN(C)Cc1cccc(C(=O)Nc2cccc(F)c2)c1. The van der Waals surface area contributed by atoms with Crippen LogP contribution in [0, 0.1) is 12.7 Å². The van der Waals surface area contributed by atoms with E-state index in [0.717, 1.165) is 22.7 Å². The van der Waals surface area contributed by atoms with E-state index in [1.165, 1.54) is 23.7 Å². The molecule has 1 N–H and O–H groups in total. The van der Waals surface area contributed by atoms with Crippen molar-refractivity contribution in [3.8, 4) is 0 Å². The monoisotopic (exact) mass is 370 g/mol. The van der Waals surface area contributed by atoms with Crippen LogP contribution in [0.2, 0.25) is 0 Å². The molecule has 0 unspecified atom stereocenters. The van der Waals surface area contributed by atoms with Crippen molar-refractivity contribution in [3.63, 3.8) is 0 Å². The maximum atomic E-state index is 13.2. The molecule has 7 heteroatoms. The molecule has 0 aliphatic carbocycles. The Morgan fingerprint density at radius 1 is 1.19 bits per heavy atom. The van der Waals surface area contributed by atoms with Gasteiger partial charge in [0, 0.05) is 24.3 Å². The van der Waals surface area contributed by atoms with Gasteiger partial charge in [-0.25, -0.2) is 4.39 Å². The zero-order chi connectivity index (χ0) is 18.5. The third-order valence-electron chi connectivity index (χ3n) is 3.88. The standard InChI is InChI=1S/C19H19FN4OS/c1-13-18(26-23-22-13)12-24(2)11-14-5-3-6-15(9-14)19(25)21-17-8-4-7-16(20)10-17/h3-10H,11-12H2,1-2H3,(H,21,25). The fourth-order valence-electron chi connectivity index (χ4n) is 2.59. The van der Waals surface area contributed by atoms with Crippen LogP contribution in [-0.4, -0.2) is 27.4 Å². The normalized spacial score (nSPS) is 10.9. The second-order valence-corrected chi connectivity index (χ2v) is 6.96. The van der Waals surface area contributed by atoms with Crippen LogP contribution in [0.1, 0.15) is 26.5 Å². The first-order chi connectivity index (χ1) is 12.5. The van der Waals surface area contributed by atoms with Gasteiger partial charge in [0.2, 0.25) is 0 Å².